The highest BCUT2D eigenvalue weighted by molar-refractivity contribution is 6.02. The summed E-state index contributed by atoms with van der Waals surface area (Å²) in [5.74, 6) is 1.55. The smallest absolute Gasteiger partial charge is 0.251 e. The lowest BCUT2D eigenvalue weighted by Gasteiger charge is -2.30. The summed E-state index contributed by atoms with van der Waals surface area (Å²) < 4.78 is 0. The Labute approximate surface area is 218 Å². The zero-order valence-corrected chi connectivity index (χ0v) is 22.5. The molecule has 0 heterocycles. The molecule has 0 radical (unpaired) electrons. The summed E-state index contributed by atoms with van der Waals surface area (Å²) in [6.45, 7) is 4.50. The predicted octanol–water partition coefficient (Wildman–Crippen LogP) is 7.80. The van der Waals surface area contributed by atoms with Gasteiger partial charge in [0.2, 0.25) is 0 Å². The Hall–Kier alpha value is -2.36. The summed E-state index contributed by atoms with van der Waals surface area (Å²) in [7, 11) is 0. The molecule has 4 rings (SSSR count). The minimum atomic E-state index is 0.0230. The molecule has 4 nitrogen and oxygen atoms in total. The SMILES string of the molecule is CCCCC1CCCC(NC(=O)c2ccc3cc(C(=O)NC4CCCC(CCCC)C4)ccc3c2)C1. The molecule has 2 saturated carbocycles. The number of hydrogen-bond acceptors (Lipinski definition) is 2. The van der Waals surface area contributed by atoms with E-state index in [1.165, 1.54) is 64.2 Å². The van der Waals surface area contributed by atoms with Gasteiger partial charge in [-0.3, -0.25) is 9.59 Å². The molecule has 2 aliphatic carbocycles. The van der Waals surface area contributed by atoms with Crippen LogP contribution in [-0.4, -0.2) is 23.9 Å². The van der Waals surface area contributed by atoms with Gasteiger partial charge in [0.1, 0.15) is 0 Å². The fraction of sp³-hybridized carbons (Fsp3) is 0.625. The van der Waals surface area contributed by atoms with E-state index in [2.05, 4.69) is 24.5 Å². The van der Waals surface area contributed by atoms with Crippen molar-refractivity contribution in [3.05, 3.63) is 47.5 Å². The number of amides is 2. The molecule has 4 heteroatoms. The van der Waals surface area contributed by atoms with Gasteiger partial charge in [0.15, 0.2) is 0 Å². The van der Waals surface area contributed by atoms with Crippen molar-refractivity contribution >= 4 is 22.6 Å². The van der Waals surface area contributed by atoms with Crippen LogP contribution in [0.25, 0.3) is 10.8 Å². The van der Waals surface area contributed by atoms with Crippen LogP contribution >= 0.6 is 0 Å². The van der Waals surface area contributed by atoms with E-state index in [9.17, 15) is 9.59 Å². The molecule has 2 fully saturated rings. The third kappa shape index (κ3) is 7.33. The number of benzene rings is 2. The summed E-state index contributed by atoms with van der Waals surface area (Å²) in [4.78, 5) is 26.0. The van der Waals surface area contributed by atoms with Gasteiger partial charge < -0.3 is 10.6 Å². The second-order valence-electron chi connectivity index (χ2n) is 11.5. The Bertz CT molecular complexity index is 935. The van der Waals surface area contributed by atoms with E-state index in [4.69, 9.17) is 0 Å². The van der Waals surface area contributed by atoms with Gasteiger partial charge in [-0.25, -0.2) is 0 Å². The van der Waals surface area contributed by atoms with Gasteiger partial charge in [-0.2, -0.15) is 0 Å². The number of carbonyl (C=O) groups is 2. The molecule has 4 unspecified atom stereocenters. The third-order valence-electron chi connectivity index (χ3n) is 8.53. The number of carbonyl (C=O) groups excluding carboxylic acids is 2. The number of unbranched alkanes of at least 4 members (excludes halogenated alkanes) is 2. The van der Waals surface area contributed by atoms with E-state index < -0.39 is 0 Å². The Kier molecular flexibility index (Phi) is 9.83. The first-order valence-corrected chi connectivity index (χ1v) is 14.7. The van der Waals surface area contributed by atoms with Crippen LogP contribution in [0.15, 0.2) is 36.4 Å². The second-order valence-corrected chi connectivity index (χ2v) is 11.5. The normalized spacial score (nSPS) is 24.4. The molecular weight excluding hydrogens is 444 g/mol. The van der Waals surface area contributed by atoms with Crippen molar-refractivity contribution in [1.82, 2.24) is 10.6 Å². The summed E-state index contributed by atoms with van der Waals surface area (Å²) in [6.07, 6.45) is 17.1. The summed E-state index contributed by atoms with van der Waals surface area (Å²) in [5, 5.41) is 8.59. The first-order chi connectivity index (χ1) is 17.6. The van der Waals surface area contributed by atoms with Crippen molar-refractivity contribution in [3.63, 3.8) is 0 Å². The van der Waals surface area contributed by atoms with E-state index in [0.717, 1.165) is 48.3 Å². The Balaban J connectivity index is 1.34. The molecular formula is C32H46N2O2. The van der Waals surface area contributed by atoms with E-state index in [1.54, 1.807) is 0 Å². The molecule has 2 aliphatic rings. The zero-order valence-electron chi connectivity index (χ0n) is 22.5. The maximum atomic E-state index is 13.0. The monoisotopic (exact) mass is 490 g/mol. The van der Waals surface area contributed by atoms with Crippen LogP contribution in [-0.2, 0) is 0 Å². The van der Waals surface area contributed by atoms with Gasteiger partial charge >= 0.3 is 0 Å². The number of fused-ring (bicyclic) bond motifs is 1. The molecule has 2 aromatic rings. The highest BCUT2D eigenvalue weighted by Gasteiger charge is 2.24. The number of rotatable bonds is 10. The molecule has 196 valence electrons. The lowest BCUT2D eigenvalue weighted by Crippen LogP contribution is -2.38. The standard InChI is InChI=1S/C32H46N2O2/c1-3-5-9-23-11-7-13-29(19-23)33-31(35)27-17-15-26-22-28(18-16-25(26)21-27)32(36)34-30-14-8-12-24(20-30)10-6-4-2/h15-18,21-24,29-30H,3-14,19-20H2,1-2H3,(H,33,35)(H,34,36). The first-order valence-electron chi connectivity index (χ1n) is 14.7. The average Bonchev–Trinajstić information content (AvgIpc) is 2.90. The van der Waals surface area contributed by atoms with Crippen molar-refractivity contribution in [3.8, 4) is 0 Å². The van der Waals surface area contributed by atoms with Gasteiger partial charge in [0.05, 0.1) is 0 Å². The van der Waals surface area contributed by atoms with Gasteiger partial charge in [0, 0.05) is 23.2 Å². The van der Waals surface area contributed by atoms with Crippen molar-refractivity contribution in [1.29, 1.82) is 0 Å². The van der Waals surface area contributed by atoms with Crippen LogP contribution in [0.5, 0.6) is 0 Å². The molecule has 0 bridgehead atoms. The molecule has 2 N–H and O–H groups in total. The molecule has 2 amide bonds. The first kappa shape index (κ1) is 26.7. The summed E-state index contributed by atoms with van der Waals surface area (Å²) in [5.41, 5.74) is 1.41. The van der Waals surface area contributed by atoms with Crippen LogP contribution in [0.1, 0.15) is 124 Å². The zero-order chi connectivity index (χ0) is 25.3. The topological polar surface area (TPSA) is 58.2 Å². The Morgan fingerprint density at radius 3 is 1.56 bits per heavy atom. The molecule has 0 saturated heterocycles. The Morgan fingerprint density at radius 2 is 1.14 bits per heavy atom. The maximum absolute atomic E-state index is 13.0. The quantitative estimate of drug-likeness (QED) is 0.357. The summed E-state index contributed by atoms with van der Waals surface area (Å²) in [6, 6.07) is 12.3. The van der Waals surface area contributed by atoms with E-state index >= 15 is 0 Å². The minimum absolute atomic E-state index is 0.0230. The van der Waals surface area contributed by atoms with Crippen LogP contribution in [0.2, 0.25) is 0 Å². The van der Waals surface area contributed by atoms with Gasteiger partial charge in [0.25, 0.3) is 11.8 Å². The minimum Gasteiger partial charge on any atom is -0.349 e. The fourth-order valence-electron chi connectivity index (χ4n) is 6.42. The van der Waals surface area contributed by atoms with Crippen molar-refractivity contribution in [2.75, 3.05) is 0 Å². The van der Waals surface area contributed by atoms with E-state index in [1.807, 2.05) is 36.4 Å². The third-order valence-corrected chi connectivity index (χ3v) is 8.53. The van der Waals surface area contributed by atoms with Crippen LogP contribution in [0.3, 0.4) is 0 Å². The second kappa shape index (κ2) is 13.3. The van der Waals surface area contributed by atoms with Crippen LogP contribution in [0.4, 0.5) is 0 Å². The van der Waals surface area contributed by atoms with Crippen LogP contribution in [0, 0.1) is 11.8 Å². The maximum Gasteiger partial charge on any atom is 0.251 e. The Morgan fingerprint density at radius 1 is 0.694 bits per heavy atom. The molecule has 4 atom stereocenters. The van der Waals surface area contributed by atoms with Crippen molar-refractivity contribution in [2.45, 2.75) is 116 Å². The van der Waals surface area contributed by atoms with Crippen LogP contribution < -0.4 is 10.6 Å². The lowest BCUT2D eigenvalue weighted by molar-refractivity contribution is 0.0909. The van der Waals surface area contributed by atoms with Crippen molar-refractivity contribution < 1.29 is 9.59 Å². The molecule has 2 aromatic carbocycles. The fourth-order valence-corrected chi connectivity index (χ4v) is 6.42. The van der Waals surface area contributed by atoms with Gasteiger partial charge in [-0.15, -0.1) is 0 Å². The molecule has 0 spiro atoms. The average molecular weight is 491 g/mol. The molecule has 0 aromatic heterocycles. The van der Waals surface area contributed by atoms with Gasteiger partial charge in [-0.05, 0) is 72.6 Å². The lowest BCUT2D eigenvalue weighted by atomic mass is 9.82. The van der Waals surface area contributed by atoms with E-state index in [0.29, 0.717) is 11.1 Å². The molecule has 36 heavy (non-hydrogen) atoms. The van der Waals surface area contributed by atoms with Crippen molar-refractivity contribution in [2.24, 2.45) is 11.8 Å². The van der Waals surface area contributed by atoms with E-state index in [-0.39, 0.29) is 23.9 Å². The largest absolute Gasteiger partial charge is 0.349 e. The number of hydrogen-bond donors (Lipinski definition) is 2. The van der Waals surface area contributed by atoms with Gasteiger partial charge in [-0.1, -0.05) is 90.2 Å². The highest BCUT2D eigenvalue weighted by atomic mass is 16.2. The molecule has 0 aliphatic heterocycles. The predicted molar refractivity (Wildman–Crippen MR) is 149 cm³/mol. The highest BCUT2D eigenvalue weighted by Crippen LogP contribution is 2.30. The summed E-state index contributed by atoms with van der Waals surface area (Å²) >= 11 is 0. The number of nitrogens with one attached hydrogen (secondary N) is 2.